The molecule has 1 aliphatic carbocycles. The van der Waals surface area contributed by atoms with Crippen LogP contribution in [0, 0.1) is 11.3 Å². The zero-order valence-electron chi connectivity index (χ0n) is 11.9. The first-order valence-corrected chi connectivity index (χ1v) is 6.77. The highest BCUT2D eigenvalue weighted by Crippen LogP contribution is 2.38. The van der Waals surface area contributed by atoms with Crippen LogP contribution >= 0.6 is 0 Å². The topological polar surface area (TPSA) is 23.6 Å². The maximum absolute atomic E-state index is 11.5. The molecule has 0 radical (unpaired) electrons. The van der Waals surface area contributed by atoms with Crippen LogP contribution in [0.1, 0.15) is 32.6 Å². The van der Waals surface area contributed by atoms with Crippen LogP contribution in [0.4, 0.5) is 0 Å². The average molecular weight is 240 g/mol. The van der Waals surface area contributed by atoms with Gasteiger partial charge in [0.15, 0.2) is 0 Å². The van der Waals surface area contributed by atoms with E-state index in [1.165, 1.54) is 19.1 Å². The first-order valence-electron chi connectivity index (χ1n) is 6.77. The number of hydrogen-bond donors (Lipinski definition) is 0. The lowest BCUT2D eigenvalue weighted by Gasteiger charge is -2.38. The van der Waals surface area contributed by atoms with E-state index in [0.29, 0.717) is 5.92 Å². The van der Waals surface area contributed by atoms with Crippen LogP contribution < -0.4 is 0 Å². The molecule has 0 N–H and O–H groups in total. The van der Waals surface area contributed by atoms with Gasteiger partial charge in [-0.25, -0.2) is 0 Å². The lowest BCUT2D eigenvalue weighted by atomic mass is 9.71. The van der Waals surface area contributed by atoms with Crippen LogP contribution in [-0.2, 0) is 4.79 Å². The number of nitrogens with zero attached hydrogens (tertiary/aromatic N) is 2. The van der Waals surface area contributed by atoms with E-state index < -0.39 is 0 Å². The summed E-state index contributed by atoms with van der Waals surface area (Å²) < 4.78 is 0. The lowest BCUT2D eigenvalue weighted by molar-refractivity contribution is -0.119. The highest BCUT2D eigenvalue weighted by molar-refractivity contribution is 5.60. The molecule has 0 aliphatic heterocycles. The van der Waals surface area contributed by atoms with Gasteiger partial charge in [0, 0.05) is 25.0 Å². The second-order valence-electron chi connectivity index (χ2n) is 6.22. The summed E-state index contributed by atoms with van der Waals surface area (Å²) in [7, 11) is 6.31. The minimum Gasteiger partial charge on any atom is -0.308 e. The quantitative estimate of drug-likeness (QED) is 0.662. The van der Waals surface area contributed by atoms with Crippen LogP contribution in [0.15, 0.2) is 0 Å². The van der Waals surface area contributed by atoms with Crippen molar-refractivity contribution in [3.8, 4) is 0 Å². The Bertz CT molecular complexity index is 242. The van der Waals surface area contributed by atoms with Crippen LogP contribution in [0.2, 0.25) is 0 Å². The van der Waals surface area contributed by atoms with Gasteiger partial charge in [-0.15, -0.1) is 0 Å². The summed E-state index contributed by atoms with van der Waals surface area (Å²) in [5, 5.41) is 0. The Labute approximate surface area is 106 Å². The largest absolute Gasteiger partial charge is 0.308 e. The van der Waals surface area contributed by atoms with Crippen LogP contribution in [0.25, 0.3) is 0 Å². The van der Waals surface area contributed by atoms with Gasteiger partial charge in [0.2, 0.25) is 0 Å². The predicted octanol–water partition coefficient (Wildman–Crippen LogP) is 1.88. The lowest BCUT2D eigenvalue weighted by Crippen LogP contribution is -2.42. The van der Waals surface area contributed by atoms with Crippen molar-refractivity contribution in [3.05, 3.63) is 0 Å². The molecule has 2 atom stereocenters. The zero-order chi connectivity index (χ0) is 12.9. The molecule has 0 heterocycles. The maximum atomic E-state index is 11.5. The van der Waals surface area contributed by atoms with Crippen molar-refractivity contribution in [3.63, 3.8) is 0 Å². The second kappa shape index (κ2) is 6.50. The molecule has 0 spiro atoms. The molecular weight excluding hydrogens is 212 g/mol. The summed E-state index contributed by atoms with van der Waals surface area (Å²) in [4.78, 5) is 16.0. The van der Waals surface area contributed by atoms with Crippen LogP contribution in [0.5, 0.6) is 0 Å². The minimum absolute atomic E-state index is 0.0707. The fraction of sp³-hybridized carbons (Fsp3) is 0.929. The third-order valence-corrected chi connectivity index (χ3v) is 3.89. The Hall–Kier alpha value is -0.410. The number of carbonyl (C=O) groups excluding carboxylic acids is 1. The molecule has 3 heteroatoms. The fourth-order valence-corrected chi connectivity index (χ4v) is 2.98. The summed E-state index contributed by atoms with van der Waals surface area (Å²) in [6.07, 6.45) is 5.88. The van der Waals surface area contributed by atoms with E-state index >= 15 is 0 Å². The van der Waals surface area contributed by atoms with E-state index in [9.17, 15) is 4.79 Å². The molecule has 17 heavy (non-hydrogen) atoms. The normalized spacial score (nSPS) is 29.9. The van der Waals surface area contributed by atoms with E-state index in [0.717, 1.165) is 32.5 Å². The molecule has 0 aromatic heterocycles. The first kappa shape index (κ1) is 14.7. The molecule has 0 bridgehead atoms. The summed E-state index contributed by atoms with van der Waals surface area (Å²) in [6.45, 7) is 5.30. The van der Waals surface area contributed by atoms with Crippen molar-refractivity contribution < 1.29 is 4.79 Å². The third-order valence-electron chi connectivity index (χ3n) is 3.89. The van der Waals surface area contributed by atoms with E-state index in [4.69, 9.17) is 0 Å². The second-order valence-corrected chi connectivity index (χ2v) is 6.22. The average Bonchev–Trinajstić information content (AvgIpc) is 2.26. The van der Waals surface area contributed by atoms with Crippen molar-refractivity contribution >= 4 is 6.29 Å². The molecule has 1 fully saturated rings. The summed E-state index contributed by atoms with van der Waals surface area (Å²) in [5.74, 6) is 0.705. The van der Waals surface area contributed by atoms with Crippen molar-refractivity contribution in [1.82, 2.24) is 9.80 Å². The summed E-state index contributed by atoms with van der Waals surface area (Å²) >= 11 is 0. The Balaban J connectivity index is 2.47. The summed E-state index contributed by atoms with van der Waals surface area (Å²) in [5.41, 5.74) is -0.0707. The van der Waals surface area contributed by atoms with Gasteiger partial charge in [0.1, 0.15) is 6.29 Å². The fourth-order valence-electron chi connectivity index (χ4n) is 2.98. The van der Waals surface area contributed by atoms with Gasteiger partial charge in [-0.3, -0.25) is 0 Å². The van der Waals surface area contributed by atoms with Gasteiger partial charge in [0.05, 0.1) is 0 Å². The Morgan fingerprint density at radius 2 is 2.00 bits per heavy atom. The monoisotopic (exact) mass is 240 g/mol. The number of likely N-dealkylation sites (N-methyl/N-ethyl adjacent to an activating group) is 2. The Kier molecular flexibility index (Phi) is 5.60. The highest BCUT2D eigenvalue weighted by Gasteiger charge is 2.35. The third kappa shape index (κ3) is 4.76. The van der Waals surface area contributed by atoms with Gasteiger partial charge in [-0.05, 0) is 39.9 Å². The van der Waals surface area contributed by atoms with Gasteiger partial charge in [-0.1, -0.05) is 19.8 Å². The van der Waals surface area contributed by atoms with E-state index in [-0.39, 0.29) is 5.41 Å². The SMILES string of the molecule is CC1CCCC(C=O)(CN(C)CCN(C)C)C1. The zero-order valence-corrected chi connectivity index (χ0v) is 11.9. The van der Waals surface area contributed by atoms with Crippen molar-refractivity contribution in [2.24, 2.45) is 11.3 Å². The number of rotatable bonds is 6. The molecule has 1 rings (SSSR count). The van der Waals surface area contributed by atoms with Crippen molar-refractivity contribution in [2.75, 3.05) is 40.8 Å². The molecule has 2 unspecified atom stereocenters. The highest BCUT2D eigenvalue weighted by atomic mass is 16.1. The predicted molar refractivity (Wildman–Crippen MR) is 72.2 cm³/mol. The molecule has 0 saturated heterocycles. The van der Waals surface area contributed by atoms with Gasteiger partial charge < -0.3 is 14.6 Å². The van der Waals surface area contributed by atoms with E-state index in [1.807, 2.05) is 0 Å². The van der Waals surface area contributed by atoms with E-state index in [1.54, 1.807) is 0 Å². The number of aldehydes is 1. The smallest absolute Gasteiger partial charge is 0.127 e. The van der Waals surface area contributed by atoms with Gasteiger partial charge >= 0.3 is 0 Å². The number of hydrogen-bond acceptors (Lipinski definition) is 3. The molecular formula is C14H28N2O. The van der Waals surface area contributed by atoms with Crippen molar-refractivity contribution in [1.29, 1.82) is 0 Å². The molecule has 0 amide bonds. The molecule has 0 aromatic rings. The summed E-state index contributed by atoms with van der Waals surface area (Å²) in [6, 6.07) is 0. The van der Waals surface area contributed by atoms with Gasteiger partial charge in [-0.2, -0.15) is 0 Å². The molecule has 100 valence electrons. The van der Waals surface area contributed by atoms with Crippen LogP contribution in [-0.4, -0.2) is 56.9 Å². The minimum atomic E-state index is -0.0707. The molecule has 3 nitrogen and oxygen atoms in total. The first-order chi connectivity index (χ1) is 7.97. The Morgan fingerprint density at radius 1 is 1.29 bits per heavy atom. The van der Waals surface area contributed by atoms with Crippen molar-refractivity contribution in [2.45, 2.75) is 32.6 Å². The molecule has 1 aliphatic rings. The Morgan fingerprint density at radius 3 is 2.53 bits per heavy atom. The van der Waals surface area contributed by atoms with Crippen LogP contribution in [0.3, 0.4) is 0 Å². The number of carbonyl (C=O) groups is 1. The van der Waals surface area contributed by atoms with E-state index in [2.05, 4.69) is 37.9 Å². The maximum Gasteiger partial charge on any atom is 0.127 e. The molecule has 1 saturated carbocycles. The standard InChI is InChI=1S/C14H28N2O/c1-13-6-5-7-14(10-13,12-17)11-16(4)9-8-15(2)3/h12-13H,5-11H2,1-4H3. The van der Waals surface area contributed by atoms with Gasteiger partial charge in [0.25, 0.3) is 0 Å². The molecule has 0 aromatic carbocycles.